The number of amides is 1. The van der Waals surface area contributed by atoms with E-state index in [9.17, 15) is 14.3 Å². The zero-order valence-electron chi connectivity index (χ0n) is 9.22. The van der Waals surface area contributed by atoms with Gasteiger partial charge in [0.15, 0.2) is 11.6 Å². The highest BCUT2D eigenvalue weighted by Crippen LogP contribution is 2.18. The van der Waals surface area contributed by atoms with E-state index in [0.717, 1.165) is 17.0 Å². The van der Waals surface area contributed by atoms with Crippen molar-refractivity contribution in [2.24, 2.45) is 0 Å². The van der Waals surface area contributed by atoms with Crippen LogP contribution in [0.4, 0.5) is 10.1 Å². The molecule has 0 saturated heterocycles. The third kappa shape index (κ3) is 2.81. The van der Waals surface area contributed by atoms with E-state index in [1.165, 1.54) is 6.07 Å². The van der Waals surface area contributed by atoms with Crippen LogP contribution in [0.2, 0.25) is 0 Å². The maximum Gasteiger partial charge on any atom is 0.255 e. The molecular weight excluding hydrogens is 253 g/mol. The minimum Gasteiger partial charge on any atom is -0.505 e. The topological polar surface area (TPSA) is 49.3 Å². The molecule has 0 aliphatic carbocycles. The zero-order valence-corrected chi connectivity index (χ0v) is 10.1. The van der Waals surface area contributed by atoms with Gasteiger partial charge in [-0.1, -0.05) is 0 Å². The number of benzene rings is 2. The summed E-state index contributed by atoms with van der Waals surface area (Å²) in [6, 6.07) is 10.3. The number of phenols is 1. The molecule has 5 heteroatoms. The van der Waals surface area contributed by atoms with Gasteiger partial charge in [-0.2, -0.15) is 0 Å². The number of phenolic OH excluding ortho intramolecular Hbond substituents is 1. The van der Waals surface area contributed by atoms with Gasteiger partial charge < -0.3 is 10.4 Å². The van der Waals surface area contributed by atoms with Crippen molar-refractivity contribution in [2.45, 2.75) is 4.90 Å². The smallest absolute Gasteiger partial charge is 0.255 e. The minimum absolute atomic E-state index is 0.184. The van der Waals surface area contributed by atoms with Crippen molar-refractivity contribution in [3.05, 3.63) is 53.8 Å². The van der Waals surface area contributed by atoms with E-state index in [2.05, 4.69) is 17.9 Å². The number of carbonyl (C=O) groups excluding carboxylic acids is 1. The molecule has 0 unspecified atom stereocenters. The van der Waals surface area contributed by atoms with Gasteiger partial charge in [-0.25, -0.2) is 4.39 Å². The Hall–Kier alpha value is -2.01. The monoisotopic (exact) mass is 263 g/mol. The van der Waals surface area contributed by atoms with Crippen molar-refractivity contribution in [2.75, 3.05) is 5.32 Å². The lowest BCUT2D eigenvalue weighted by Gasteiger charge is -2.06. The van der Waals surface area contributed by atoms with Crippen molar-refractivity contribution in [3.63, 3.8) is 0 Å². The summed E-state index contributed by atoms with van der Waals surface area (Å²) >= 11 is 4.13. The van der Waals surface area contributed by atoms with E-state index in [1.54, 1.807) is 24.3 Å². The predicted octanol–water partition coefficient (Wildman–Crippen LogP) is 3.07. The van der Waals surface area contributed by atoms with Crippen molar-refractivity contribution < 1.29 is 14.3 Å². The van der Waals surface area contributed by atoms with E-state index < -0.39 is 17.5 Å². The summed E-state index contributed by atoms with van der Waals surface area (Å²) in [6.07, 6.45) is 0. The Balaban J connectivity index is 2.16. The van der Waals surface area contributed by atoms with Crippen molar-refractivity contribution in [3.8, 4) is 5.75 Å². The quantitative estimate of drug-likeness (QED) is 0.729. The van der Waals surface area contributed by atoms with E-state index >= 15 is 0 Å². The van der Waals surface area contributed by atoms with Crippen LogP contribution in [-0.4, -0.2) is 11.0 Å². The molecular formula is C13H10FNO2S. The molecule has 2 rings (SSSR count). The summed E-state index contributed by atoms with van der Waals surface area (Å²) in [5, 5.41) is 11.8. The molecule has 92 valence electrons. The van der Waals surface area contributed by atoms with E-state index in [-0.39, 0.29) is 5.56 Å². The average molecular weight is 263 g/mol. The average Bonchev–Trinajstić information content (AvgIpc) is 2.35. The highest BCUT2D eigenvalue weighted by Gasteiger charge is 2.09. The standard InChI is InChI=1S/C13H10FNO2S/c14-11-6-1-8(7-12(11)16)13(17)15-9-2-4-10(18)5-3-9/h1-7,16,18H,(H,15,17). The minimum atomic E-state index is -0.758. The second-order valence-electron chi connectivity index (χ2n) is 3.67. The molecule has 2 aromatic carbocycles. The van der Waals surface area contributed by atoms with Crippen LogP contribution in [0.15, 0.2) is 47.4 Å². The number of hydrogen-bond acceptors (Lipinski definition) is 3. The number of carbonyl (C=O) groups is 1. The largest absolute Gasteiger partial charge is 0.505 e. The third-order valence-electron chi connectivity index (χ3n) is 2.33. The van der Waals surface area contributed by atoms with Crippen LogP contribution >= 0.6 is 12.6 Å². The van der Waals surface area contributed by atoms with E-state index in [4.69, 9.17) is 0 Å². The van der Waals surface area contributed by atoms with Crippen molar-refractivity contribution in [1.29, 1.82) is 0 Å². The van der Waals surface area contributed by atoms with Gasteiger partial charge in [0.25, 0.3) is 5.91 Å². The van der Waals surface area contributed by atoms with Crippen molar-refractivity contribution >= 4 is 24.2 Å². The second kappa shape index (κ2) is 5.10. The predicted molar refractivity (Wildman–Crippen MR) is 69.7 cm³/mol. The first-order valence-corrected chi connectivity index (χ1v) is 5.60. The first-order chi connectivity index (χ1) is 8.56. The summed E-state index contributed by atoms with van der Waals surface area (Å²) in [5.74, 6) is -1.73. The Labute approximate surface area is 109 Å². The molecule has 0 radical (unpaired) electrons. The number of halogens is 1. The Morgan fingerprint density at radius 3 is 2.44 bits per heavy atom. The number of nitrogens with one attached hydrogen (secondary N) is 1. The highest BCUT2D eigenvalue weighted by atomic mass is 32.1. The van der Waals surface area contributed by atoms with Crippen molar-refractivity contribution in [1.82, 2.24) is 0 Å². The molecule has 0 aliphatic rings. The van der Waals surface area contributed by atoms with Gasteiger partial charge >= 0.3 is 0 Å². The van der Waals surface area contributed by atoms with E-state index in [0.29, 0.717) is 5.69 Å². The number of rotatable bonds is 2. The molecule has 1 amide bonds. The maximum atomic E-state index is 12.8. The fraction of sp³-hybridized carbons (Fsp3) is 0. The van der Waals surface area contributed by atoms with Crippen LogP contribution in [0.1, 0.15) is 10.4 Å². The van der Waals surface area contributed by atoms with Gasteiger partial charge in [-0.15, -0.1) is 12.6 Å². The molecule has 0 atom stereocenters. The molecule has 2 N–H and O–H groups in total. The lowest BCUT2D eigenvalue weighted by molar-refractivity contribution is 0.102. The summed E-state index contributed by atoms with van der Waals surface area (Å²) < 4.78 is 12.8. The normalized spacial score (nSPS) is 10.1. The molecule has 0 aliphatic heterocycles. The molecule has 0 heterocycles. The Morgan fingerprint density at radius 1 is 1.17 bits per heavy atom. The first kappa shape index (κ1) is 12.4. The fourth-order valence-electron chi connectivity index (χ4n) is 1.40. The van der Waals surface area contributed by atoms with Crippen LogP contribution in [0.3, 0.4) is 0 Å². The number of anilines is 1. The number of thiol groups is 1. The summed E-state index contributed by atoms with van der Waals surface area (Å²) in [5.41, 5.74) is 0.783. The van der Waals surface area contributed by atoms with Crippen LogP contribution in [-0.2, 0) is 0 Å². The van der Waals surface area contributed by atoms with Crippen LogP contribution < -0.4 is 5.32 Å². The Morgan fingerprint density at radius 2 is 1.83 bits per heavy atom. The number of hydrogen-bond donors (Lipinski definition) is 3. The van der Waals surface area contributed by atoms with Crippen LogP contribution in [0.5, 0.6) is 5.75 Å². The zero-order chi connectivity index (χ0) is 13.1. The SMILES string of the molecule is O=C(Nc1ccc(S)cc1)c1ccc(F)c(O)c1. The van der Waals surface area contributed by atoms with Crippen LogP contribution in [0, 0.1) is 5.82 Å². The molecule has 0 aromatic heterocycles. The van der Waals surface area contributed by atoms with Gasteiger partial charge in [-0.3, -0.25) is 4.79 Å². The Kier molecular flexibility index (Phi) is 3.53. The van der Waals surface area contributed by atoms with Gasteiger partial charge in [0, 0.05) is 16.1 Å². The van der Waals surface area contributed by atoms with Crippen LogP contribution in [0.25, 0.3) is 0 Å². The van der Waals surface area contributed by atoms with Gasteiger partial charge in [0.05, 0.1) is 0 Å². The lowest BCUT2D eigenvalue weighted by Crippen LogP contribution is -2.11. The molecule has 3 nitrogen and oxygen atoms in total. The summed E-state index contributed by atoms with van der Waals surface area (Å²) in [4.78, 5) is 12.6. The second-order valence-corrected chi connectivity index (χ2v) is 4.18. The lowest BCUT2D eigenvalue weighted by atomic mass is 10.2. The summed E-state index contributed by atoms with van der Waals surface area (Å²) in [7, 11) is 0. The number of aromatic hydroxyl groups is 1. The van der Waals surface area contributed by atoms with E-state index in [1.807, 2.05) is 0 Å². The Bertz CT molecular complexity index is 584. The molecule has 0 bridgehead atoms. The molecule has 0 saturated carbocycles. The van der Waals surface area contributed by atoms with Gasteiger partial charge in [0.2, 0.25) is 0 Å². The summed E-state index contributed by atoms with van der Waals surface area (Å²) in [6.45, 7) is 0. The van der Waals surface area contributed by atoms with Gasteiger partial charge in [-0.05, 0) is 42.5 Å². The molecule has 0 spiro atoms. The fourth-order valence-corrected chi connectivity index (χ4v) is 1.55. The molecule has 18 heavy (non-hydrogen) atoms. The molecule has 0 fully saturated rings. The first-order valence-electron chi connectivity index (χ1n) is 5.15. The third-order valence-corrected chi connectivity index (χ3v) is 2.63. The maximum absolute atomic E-state index is 12.8. The van der Waals surface area contributed by atoms with Gasteiger partial charge in [0.1, 0.15) is 0 Å². The molecule has 2 aromatic rings. The highest BCUT2D eigenvalue weighted by molar-refractivity contribution is 7.80.